The first-order chi connectivity index (χ1) is 9.24. The fourth-order valence-electron chi connectivity index (χ4n) is 2.76. The third-order valence-corrected chi connectivity index (χ3v) is 3.99. The number of aromatic nitrogens is 2. The summed E-state index contributed by atoms with van der Waals surface area (Å²) in [5, 5.41) is 0. The number of hydrogen-bond donors (Lipinski definition) is 2. The highest BCUT2D eigenvalue weighted by molar-refractivity contribution is 5.38. The summed E-state index contributed by atoms with van der Waals surface area (Å²) in [4.78, 5) is 8.93. The van der Waals surface area contributed by atoms with Crippen molar-refractivity contribution in [2.45, 2.75) is 57.5 Å². The molecule has 2 saturated carbocycles. The van der Waals surface area contributed by atoms with E-state index in [1.165, 1.54) is 25.7 Å². The maximum absolute atomic E-state index is 6.04. The van der Waals surface area contributed by atoms with Crippen LogP contribution in [0.5, 0.6) is 5.88 Å². The van der Waals surface area contributed by atoms with Crippen LogP contribution in [0.3, 0.4) is 0 Å². The molecule has 0 bridgehead atoms. The Bertz CT molecular complexity index is 447. The molecule has 2 fully saturated rings. The van der Waals surface area contributed by atoms with E-state index in [0.717, 1.165) is 24.6 Å². The second kappa shape index (κ2) is 5.33. The van der Waals surface area contributed by atoms with E-state index in [-0.39, 0.29) is 6.10 Å². The fraction of sp³-hybridized carbons (Fsp3) is 0.714. The number of rotatable bonds is 4. The lowest BCUT2D eigenvalue weighted by Crippen LogP contribution is -2.24. The van der Waals surface area contributed by atoms with Gasteiger partial charge in [-0.3, -0.25) is 0 Å². The molecule has 5 nitrogen and oxygen atoms in total. The highest BCUT2D eigenvalue weighted by Crippen LogP contribution is 2.39. The SMILES string of the molecule is CC1CCCC(Oc2cc(NN)nc(C3CC3)n2)C1. The zero-order valence-electron chi connectivity index (χ0n) is 11.4. The average Bonchev–Trinajstić information content (AvgIpc) is 3.22. The normalized spacial score (nSPS) is 27.1. The van der Waals surface area contributed by atoms with Gasteiger partial charge in [-0.15, -0.1) is 0 Å². The molecule has 2 aliphatic carbocycles. The lowest BCUT2D eigenvalue weighted by molar-refractivity contribution is 0.123. The smallest absolute Gasteiger partial charge is 0.219 e. The fourth-order valence-corrected chi connectivity index (χ4v) is 2.76. The summed E-state index contributed by atoms with van der Waals surface area (Å²) in [6.07, 6.45) is 7.44. The molecule has 104 valence electrons. The van der Waals surface area contributed by atoms with Crippen molar-refractivity contribution in [2.75, 3.05) is 5.43 Å². The Morgan fingerprint density at radius 1 is 1.26 bits per heavy atom. The van der Waals surface area contributed by atoms with Crippen molar-refractivity contribution >= 4 is 5.82 Å². The van der Waals surface area contributed by atoms with Crippen LogP contribution >= 0.6 is 0 Å². The van der Waals surface area contributed by atoms with Gasteiger partial charge in [-0.1, -0.05) is 13.3 Å². The van der Waals surface area contributed by atoms with E-state index >= 15 is 0 Å². The minimum absolute atomic E-state index is 0.288. The van der Waals surface area contributed by atoms with Crippen molar-refractivity contribution in [1.82, 2.24) is 9.97 Å². The van der Waals surface area contributed by atoms with Crippen LogP contribution in [0.2, 0.25) is 0 Å². The molecule has 0 aliphatic heterocycles. The van der Waals surface area contributed by atoms with Gasteiger partial charge < -0.3 is 10.2 Å². The van der Waals surface area contributed by atoms with Crippen molar-refractivity contribution in [3.63, 3.8) is 0 Å². The van der Waals surface area contributed by atoms with Crippen LogP contribution in [0.15, 0.2) is 6.07 Å². The predicted octanol–water partition coefficient (Wildman–Crippen LogP) is 2.60. The number of hydrazine groups is 1. The number of ether oxygens (including phenoxy) is 1. The summed E-state index contributed by atoms with van der Waals surface area (Å²) in [5.74, 6) is 8.90. The van der Waals surface area contributed by atoms with E-state index in [2.05, 4.69) is 22.3 Å². The molecule has 2 aliphatic rings. The molecule has 5 heteroatoms. The van der Waals surface area contributed by atoms with Crippen molar-refractivity contribution in [3.8, 4) is 5.88 Å². The van der Waals surface area contributed by atoms with E-state index in [9.17, 15) is 0 Å². The van der Waals surface area contributed by atoms with E-state index in [4.69, 9.17) is 10.6 Å². The highest BCUT2D eigenvalue weighted by Gasteiger charge is 2.28. The van der Waals surface area contributed by atoms with E-state index in [1.54, 1.807) is 6.07 Å². The zero-order valence-corrected chi connectivity index (χ0v) is 11.4. The molecule has 19 heavy (non-hydrogen) atoms. The molecule has 3 rings (SSSR count). The van der Waals surface area contributed by atoms with Crippen molar-refractivity contribution in [1.29, 1.82) is 0 Å². The first-order valence-electron chi connectivity index (χ1n) is 7.27. The van der Waals surface area contributed by atoms with E-state index in [0.29, 0.717) is 17.6 Å². The third kappa shape index (κ3) is 3.15. The van der Waals surface area contributed by atoms with Crippen LogP contribution in [-0.4, -0.2) is 16.1 Å². The lowest BCUT2D eigenvalue weighted by atomic mass is 9.89. The van der Waals surface area contributed by atoms with Crippen LogP contribution in [-0.2, 0) is 0 Å². The van der Waals surface area contributed by atoms with Crippen LogP contribution < -0.4 is 16.0 Å². The van der Waals surface area contributed by atoms with Gasteiger partial charge in [-0.25, -0.2) is 10.8 Å². The second-order valence-electron chi connectivity index (χ2n) is 5.88. The molecule has 0 saturated heterocycles. The molecule has 0 aromatic carbocycles. The Hall–Kier alpha value is -1.36. The Morgan fingerprint density at radius 3 is 2.79 bits per heavy atom. The highest BCUT2D eigenvalue weighted by atomic mass is 16.5. The van der Waals surface area contributed by atoms with Crippen molar-refractivity contribution < 1.29 is 4.74 Å². The molecule has 0 radical (unpaired) electrons. The second-order valence-corrected chi connectivity index (χ2v) is 5.88. The third-order valence-electron chi connectivity index (χ3n) is 3.99. The quantitative estimate of drug-likeness (QED) is 0.644. The largest absolute Gasteiger partial charge is 0.474 e. The summed E-state index contributed by atoms with van der Waals surface area (Å²) < 4.78 is 6.04. The standard InChI is InChI=1S/C14H22N4O/c1-9-3-2-4-11(7-9)19-13-8-12(18-15)16-14(17-13)10-5-6-10/h8-11H,2-7,15H2,1H3,(H,16,17,18). The Morgan fingerprint density at radius 2 is 2.11 bits per heavy atom. The van der Waals surface area contributed by atoms with Gasteiger partial charge in [0.15, 0.2) is 0 Å². The van der Waals surface area contributed by atoms with Gasteiger partial charge in [0, 0.05) is 12.0 Å². The first kappa shape index (κ1) is 12.7. The Kier molecular flexibility index (Phi) is 3.55. The molecule has 0 spiro atoms. The maximum atomic E-state index is 6.04. The Labute approximate surface area is 113 Å². The van der Waals surface area contributed by atoms with Gasteiger partial charge >= 0.3 is 0 Å². The molecular weight excluding hydrogens is 240 g/mol. The molecule has 2 unspecified atom stereocenters. The lowest BCUT2D eigenvalue weighted by Gasteiger charge is -2.27. The summed E-state index contributed by atoms with van der Waals surface area (Å²) in [7, 11) is 0. The topological polar surface area (TPSA) is 73.1 Å². The van der Waals surface area contributed by atoms with E-state index < -0.39 is 0 Å². The summed E-state index contributed by atoms with van der Waals surface area (Å²) in [6.45, 7) is 2.29. The minimum Gasteiger partial charge on any atom is -0.474 e. The summed E-state index contributed by atoms with van der Waals surface area (Å²) in [6, 6.07) is 1.80. The van der Waals surface area contributed by atoms with Crippen LogP contribution in [0.4, 0.5) is 5.82 Å². The van der Waals surface area contributed by atoms with Gasteiger partial charge in [-0.2, -0.15) is 4.98 Å². The first-order valence-corrected chi connectivity index (χ1v) is 7.27. The van der Waals surface area contributed by atoms with Gasteiger partial charge in [-0.05, 0) is 38.0 Å². The van der Waals surface area contributed by atoms with E-state index in [1.807, 2.05) is 0 Å². The number of nitrogens with zero attached hydrogens (tertiary/aromatic N) is 2. The molecule has 2 atom stereocenters. The van der Waals surface area contributed by atoms with Gasteiger partial charge in [0.1, 0.15) is 17.7 Å². The van der Waals surface area contributed by atoms with Crippen molar-refractivity contribution in [2.24, 2.45) is 11.8 Å². The average molecular weight is 262 g/mol. The molecule has 1 aromatic rings. The van der Waals surface area contributed by atoms with Crippen LogP contribution in [0.1, 0.15) is 57.2 Å². The summed E-state index contributed by atoms with van der Waals surface area (Å²) in [5.41, 5.74) is 2.61. The van der Waals surface area contributed by atoms with Gasteiger partial charge in [0.25, 0.3) is 0 Å². The number of nitrogens with two attached hydrogens (primary N) is 1. The van der Waals surface area contributed by atoms with Gasteiger partial charge in [0.2, 0.25) is 5.88 Å². The van der Waals surface area contributed by atoms with Gasteiger partial charge in [0.05, 0.1) is 0 Å². The van der Waals surface area contributed by atoms with Crippen molar-refractivity contribution in [3.05, 3.63) is 11.9 Å². The minimum atomic E-state index is 0.288. The monoisotopic (exact) mass is 262 g/mol. The number of anilines is 1. The zero-order chi connectivity index (χ0) is 13.2. The molecule has 1 aromatic heterocycles. The maximum Gasteiger partial charge on any atom is 0.219 e. The number of nitrogens with one attached hydrogen (secondary N) is 1. The number of nitrogen functional groups attached to an aromatic ring is 1. The molecule has 1 heterocycles. The van der Waals surface area contributed by atoms with Crippen LogP contribution in [0, 0.1) is 5.92 Å². The Balaban J connectivity index is 1.73. The summed E-state index contributed by atoms with van der Waals surface area (Å²) >= 11 is 0. The number of hydrogen-bond acceptors (Lipinski definition) is 5. The van der Waals surface area contributed by atoms with Crippen LogP contribution in [0.25, 0.3) is 0 Å². The molecular formula is C14H22N4O. The molecule has 3 N–H and O–H groups in total. The predicted molar refractivity (Wildman–Crippen MR) is 73.9 cm³/mol. The molecule has 0 amide bonds.